The highest BCUT2D eigenvalue weighted by Gasteiger charge is 2.85. The van der Waals surface area contributed by atoms with Gasteiger partial charge in [0.1, 0.15) is 12.2 Å². The van der Waals surface area contributed by atoms with E-state index in [1.165, 1.54) is 21.0 Å². The summed E-state index contributed by atoms with van der Waals surface area (Å²) in [6.07, 6.45) is -0.553. The van der Waals surface area contributed by atoms with E-state index >= 15 is 0 Å². The fraction of sp³-hybridized carbons (Fsp3) is 0.636. The van der Waals surface area contributed by atoms with E-state index in [1.54, 1.807) is 6.92 Å². The molecule has 1 aliphatic heterocycles. The summed E-state index contributed by atoms with van der Waals surface area (Å²) in [4.78, 5) is 53.8. The molecule has 42 heavy (non-hydrogen) atoms. The average Bonchev–Trinajstić information content (AvgIpc) is 3.83. The fourth-order valence-electron chi connectivity index (χ4n) is 11.4. The number of carbonyl (C=O) groups is 4. The number of aliphatic hydroxyl groups excluding tert-OH is 1. The molecule has 0 aromatic carbocycles. The highest BCUT2D eigenvalue weighted by atomic mass is 16.6. The largest absolute Gasteiger partial charge is 0.466 e. The van der Waals surface area contributed by atoms with Crippen LogP contribution in [0.4, 0.5) is 0 Å². The molecule has 8 rings (SSSR count). The first kappa shape index (κ1) is 26.6. The summed E-state index contributed by atoms with van der Waals surface area (Å²) in [6.45, 7) is 12.9. The van der Waals surface area contributed by atoms with Crippen LogP contribution in [0.15, 0.2) is 45.6 Å². The van der Waals surface area contributed by atoms with Gasteiger partial charge in [-0.2, -0.15) is 0 Å². The number of fused-ring (bicyclic) bond motifs is 7. The molecule has 0 aromatic rings. The molecule has 1 heterocycles. The second-order valence-corrected chi connectivity index (χ2v) is 14.5. The molecule has 0 saturated heterocycles. The van der Waals surface area contributed by atoms with Gasteiger partial charge in [0, 0.05) is 52.0 Å². The molecule has 5 fully saturated rings. The number of hydrogen-bond donors (Lipinski definition) is 2. The van der Waals surface area contributed by atoms with Gasteiger partial charge in [-0.3, -0.25) is 9.59 Å². The van der Waals surface area contributed by atoms with Gasteiger partial charge >= 0.3 is 17.9 Å². The first-order valence-corrected chi connectivity index (χ1v) is 14.9. The number of methoxy groups -OCH3 is 1. The zero-order chi connectivity index (χ0) is 30.2. The average molecular weight is 577 g/mol. The summed E-state index contributed by atoms with van der Waals surface area (Å²) in [7, 11) is 1.21. The van der Waals surface area contributed by atoms with Crippen molar-refractivity contribution in [1.29, 1.82) is 0 Å². The summed E-state index contributed by atoms with van der Waals surface area (Å²) in [5, 5.41) is 24.5. The highest BCUT2D eigenvalue weighted by molar-refractivity contribution is 6.12. The predicted molar refractivity (Wildman–Crippen MR) is 145 cm³/mol. The smallest absolute Gasteiger partial charge is 0.335 e. The Morgan fingerprint density at radius 2 is 1.79 bits per heavy atom. The van der Waals surface area contributed by atoms with Crippen LogP contribution in [0, 0.1) is 46.3 Å². The number of ether oxygens (including phenoxy) is 3. The lowest BCUT2D eigenvalue weighted by atomic mass is 9.43. The maximum atomic E-state index is 14.3. The van der Waals surface area contributed by atoms with Crippen molar-refractivity contribution >= 4 is 23.7 Å². The zero-order valence-electron chi connectivity index (χ0n) is 24.7. The molecule has 2 N–H and O–H groups in total. The van der Waals surface area contributed by atoms with E-state index in [2.05, 4.69) is 13.5 Å². The van der Waals surface area contributed by atoms with Crippen LogP contribution >= 0.6 is 0 Å². The first-order chi connectivity index (χ1) is 19.6. The molecule has 0 amide bonds. The number of carbonyl (C=O) groups excluding carboxylic acids is 4. The molecule has 5 saturated carbocycles. The van der Waals surface area contributed by atoms with Gasteiger partial charge in [-0.15, -0.1) is 0 Å². The lowest BCUT2D eigenvalue weighted by molar-refractivity contribution is -0.183. The third-order valence-corrected chi connectivity index (χ3v) is 13.1. The number of ketones is 1. The second kappa shape index (κ2) is 7.36. The minimum Gasteiger partial charge on any atom is -0.466 e. The molecule has 0 radical (unpaired) electrons. The van der Waals surface area contributed by atoms with Crippen molar-refractivity contribution in [3.05, 3.63) is 45.6 Å². The van der Waals surface area contributed by atoms with E-state index < -0.39 is 63.8 Å². The Morgan fingerprint density at radius 1 is 1.10 bits per heavy atom. The fourth-order valence-corrected chi connectivity index (χ4v) is 11.4. The molecule has 8 aliphatic rings. The van der Waals surface area contributed by atoms with Crippen molar-refractivity contribution < 1.29 is 43.6 Å². The monoisotopic (exact) mass is 576 g/mol. The molecule has 9 heteroatoms. The quantitative estimate of drug-likeness (QED) is 0.220. The van der Waals surface area contributed by atoms with Crippen LogP contribution in [0.2, 0.25) is 0 Å². The molecular formula is C33H36O9. The van der Waals surface area contributed by atoms with Crippen molar-refractivity contribution in [3.8, 4) is 0 Å². The number of hydrogen-bond acceptors (Lipinski definition) is 9. The Hall–Kier alpha value is -3.04. The summed E-state index contributed by atoms with van der Waals surface area (Å²) in [6, 6.07) is 0. The van der Waals surface area contributed by atoms with Gasteiger partial charge in [-0.25, -0.2) is 9.59 Å². The summed E-state index contributed by atoms with van der Waals surface area (Å²) in [5.41, 5.74) is -2.27. The molecule has 9 nitrogen and oxygen atoms in total. The van der Waals surface area contributed by atoms with Crippen LogP contribution in [-0.2, 0) is 33.4 Å². The van der Waals surface area contributed by atoms with E-state index in [9.17, 15) is 29.4 Å². The lowest BCUT2D eigenvalue weighted by Crippen LogP contribution is -2.68. The Labute approximate surface area is 243 Å². The minimum atomic E-state index is -1.58. The second-order valence-electron chi connectivity index (χ2n) is 14.5. The van der Waals surface area contributed by atoms with E-state index in [-0.39, 0.29) is 47.2 Å². The van der Waals surface area contributed by atoms with Gasteiger partial charge in [-0.05, 0) is 67.8 Å². The highest BCUT2D eigenvalue weighted by Crippen LogP contribution is 2.83. The number of esters is 3. The summed E-state index contributed by atoms with van der Waals surface area (Å²) in [5.74, 6) is -3.25. The molecule has 222 valence electrons. The first-order valence-electron chi connectivity index (χ1n) is 14.9. The van der Waals surface area contributed by atoms with Crippen molar-refractivity contribution in [2.75, 3.05) is 7.11 Å². The maximum absolute atomic E-state index is 14.3. The van der Waals surface area contributed by atoms with E-state index in [1.807, 2.05) is 6.92 Å². The van der Waals surface area contributed by atoms with Crippen LogP contribution in [-0.4, -0.2) is 64.4 Å². The molecular weight excluding hydrogens is 540 g/mol. The lowest BCUT2D eigenvalue weighted by Gasteiger charge is -2.63. The topological polar surface area (TPSA) is 136 Å². The van der Waals surface area contributed by atoms with E-state index in [0.717, 1.165) is 12.0 Å². The van der Waals surface area contributed by atoms with Crippen LogP contribution in [0.5, 0.6) is 0 Å². The van der Waals surface area contributed by atoms with Gasteiger partial charge < -0.3 is 24.4 Å². The standard InChI is InChI=1S/C33H36O9/c1-11-15-8-16(15)30(5)19-10-32(39)18-9-17(18)31(6)26(32)23(20(24(35)27(31)36)12(2)28(37)40-7)33(19)22(13(3)29(38)42-33)25(21(11)30)41-14(4)34/h15-19,21,25,27,36,39H,1,8-10H2,2-7H3/b20-12-/t15-,16-,17-,18+,19+,21?,25-,27+,30-,31+,32+,33-/m1/s1. The minimum absolute atomic E-state index is 0.0274. The SMILES string of the molecule is C=C1C2[C@@H](OC(C)=O)C3=C(C)C(=O)O[C@@]34C3=C5[C@](C)([C@@H]6C[C@@H]6[C@@]5(O)C[C@H]4[C@@]2(C)[C@@H]2C[C@H]12)[C@@H](O)C(=O)/C3=C(/C)C(=O)OC. The third-order valence-electron chi connectivity index (χ3n) is 13.1. The maximum Gasteiger partial charge on any atom is 0.335 e. The van der Waals surface area contributed by atoms with Crippen molar-refractivity contribution in [2.45, 2.75) is 77.3 Å². The molecule has 1 spiro atoms. The Bertz CT molecular complexity index is 1600. The van der Waals surface area contributed by atoms with Crippen molar-refractivity contribution in [2.24, 2.45) is 46.3 Å². The number of Topliss-reactive ketones (excluding diaryl/α,β-unsaturated/α-hetero) is 1. The van der Waals surface area contributed by atoms with Crippen LogP contribution in [0.3, 0.4) is 0 Å². The zero-order valence-corrected chi connectivity index (χ0v) is 24.7. The molecule has 7 aliphatic carbocycles. The van der Waals surface area contributed by atoms with Gasteiger partial charge in [-0.1, -0.05) is 26.0 Å². The number of rotatable bonds is 2. The Kier molecular flexibility index (Phi) is 4.65. The normalized spacial score (nSPS) is 51.6. The Balaban J connectivity index is 1.54. The van der Waals surface area contributed by atoms with Gasteiger partial charge in [0.2, 0.25) is 0 Å². The summed E-state index contributed by atoms with van der Waals surface area (Å²) < 4.78 is 17.7. The molecule has 12 atom stereocenters. The van der Waals surface area contributed by atoms with Crippen molar-refractivity contribution in [3.63, 3.8) is 0 Å². The van der Waals surface area contributed by atoms with Crippen LogP contribution in [0.25, 0.3) is 0 Å². The molecule has 1 unspecified atom stereocenters. The Morgan fingerprint density at radius 3 is 2.43 bits per heavy atom. The number of aliphatic hydroxyl groups is 2. The van der Waals surface area contributed by atoms with Crippen molar-refractivity contribution in [1.82, 2.24) is 0 Å². The van der Waals surface area contributed by atoms with E-state index in [0.29, 0.717) is 28.7 Å². The molecule has 0 bridgehead atoms. The molecule has 0 aromatic heterocycles. The van der Waals surface area contributed by atoms with E-state index in [4.69, 9.17) is 14.2 Å². The van der Waals surface area contributed by atoms with Crippen LogP contribution in [0.1, 0.15) is 53.9 Å². The third kappa shape index (κ3) is 2.48. The van der Waals surface area contributed by atoms with Gasteiger partial charge in [0.15, 0.2) is 11.4 Å². The van der Waals surface area contributed by atoms with Gasteiger partial charge in [0.25, 0.3) is 0 Å². The predicted octanol–water partition coefficient (Wildman–Crippen LogP) is 2.51. The van der Waals surface area contributed by atoms with Crippen LogP contribution < -0.4 is 0 Å². The van der Waals surface area contributed by atoms with Gasteiger partial charge in [0.05, 0.1) is 12.7 Å². The summed E-state index contributed by atoms with van der Waals surface area (Å²) >= 11 is 0.